The number of amides is 1. The summed E-state index contributed by atoms with van der Waals surface area (Å²) in [6, 6.07) is 14.0. The van der Waals surface area contributed by atoms with Crippen molar-refractivity contribution in [3.8, 4) is 0 Å². The van der Waals surface area contributed by atoms with Crippen molar-refractivity contribution in [2.24, 2.45) is 0 Å². The molecule has 0 aliphatic carbocycles. The molecule has 0 aliphatic rings. The lowest BCUT2D eigenvalue weighted by Crippen LogP contribution is -2.27. The number of hydrogen-bond acceptors (Lipinski definition) is 5. The van der Waals surface area contributed by atoms with E-state index in [4.69, 9.17) is 4.84 Å². The zero-order valence-corrected chi connectivity index (χ0v) is 18.2. The van der Waals surface area contributed by atoms with Gasteiger partial charge in [0.25, 0.3) is 15.9 Å². The Balaban J connectivity index is 2.02. The molecule has 0 atom stereocenters. The van der Waals surface area contributed by atoms with E-state index >= 15 is 0 Å². The van der Waals surface area contributed by atoms with Crippen LogP contribution in [0, 0.1) is 0 Å². The first kappa shape index (κ1) is 23.0. The molecule has 1 amide bonds. The molecule has 0 aliphatic heterocycles. The molecule has 158 valence electrons. The number of benzene rings is 2. The molecule has 0 saturated carbocycles. The second-order valence-electron chi connectivity index (χ2n) is 6.59. The van der Waals surface area contributed by atoms with Crippen molar-refractivity contribution in [3.05, 3.63) is 65.2 Å². The molecule has 0 spiro atoms. The summed E-state index contributed by atoms with van der Waals surface area (Å²) in [5.41, 5.74) is 2.47. The number of rotatable bonds is 10. The minimum absolute atomic E-state index is 0.00439. The zero-order chi connectivity index (χ0) is 21.4. The Bertz CT molecular complexity index is 910. The molecule has 2 aromatic carbocycles. The SMILES string of the molecule is CCN(CC)Cc1ccc(CNC(=O)c2cccc(S(=O)(=O)N(C)OC)c2)cc1. The standard InChI is InChI=1S/C21H29N3O4S/c1-5-24(6-2)16-18-12-10-17(11-13-18)15-22-21(25)19-8-7-9-20(14-19)29(26,27)23(3)28-4/h7-14H,5-6,15-16H2,1-4H3,(H,22,25). The van der Waals surface area contributed by atoms with E-state index in [-0.39, 0.29) is 16.4 Å². The van der Waals surface area contributed by atoms with Gasteiger partial charge in [0.15, 0.2) is 0 Å². The van der Waals surface area contributed by atoms with Crippen molar-refractivity contribution in [2.75, 3.05) is 27.2 Å². The Morgan fingerprint density at radius 3 is 2.24 bits per heavy atom. The second kappa shape index (κ2) is 10.5. The molecule has 1 N–H and O–H groups in total. The van der Waals surface area contributed by atoms with Gasteiger partial charge in [-0.15, -0.1) is 0 Å². The Hall–Kier alpha value is -2.26. The summed E-state index contributed by atoms with van der Waals surface area (Å²) < 4.78 is 25.4. The van der Waals surface area contributed by atoms with Crippen LogP contribution in [0.3, 0.4) is 0 Å². The number of sulfonamides is 1. The maximum absolute atomic E-state index is 12.5. The largest absolute Gasteiger partial charge is 0.348 e. The van der Waals surface area contributed by atoms with Crippen molar-refractivity contribution < 1.29 is 18.0 Å². The molecule has 0 saturated heterocycles. The van der Waals surface area contributed by atoms with Crippen LogP contribution in [-0.2, 0) is 28.0 Å². The van der Waals surface area contributed by atoms with E-state index in [0.29, 0.717) is 6.54 Å². The smallest absolute Gasteiger partial charge is 0.264 e. The molecule has 0 fully saturated rings. The molecule has 0 radical (unpaired) electrons. The monoisotopic (exact) mass is 419 g/mol. The number of nitrogens with zero attached hydrogens (tertiary/aromatic N) is 2. The van der Waals surface area contributed by atoms with Crippen LogP contribution in [0.2, 0.25) is 0 Å². The summed E-state index contributed by atoms with van der Waals surface area (Å²) >= 11 is 0. The fourth-order valence-electron chi connectivity index (χ4n) is 2.80. The van der Waals surface area contributed by atoms with E-state index in [2.05, 4.69) is 36.2 Å². The third kappa shape index (κ3) is 6.11. The van der Waals surface area contributed by atoms with Crippen LogP contribution in [-0.4, -0.2) is 50.9 Å². The highest BCUT2D eigenvalue weighted by Crippen LogP contribution is 2.16. The van der Waals surface area contributed by atoms with Crippen LogP contribution in [0.1, 0.15) is 35.3 Å². The molecule has 0 unspecified atom stereocenters. The maximum Gasteiger partial charge on any atom is 0.264 e. The highest BCUT2D eigenvalue weighted by molar-refractivity contribution is 7.89. The van der Waals surface area contributed by atoms with Gasteiger partial charge in [-0.3, -0.25) is 14.5 Å². The van der Waals surface area contributed by atoms with Gasteiger partial charge in [-0.2, -0.15) is 0 Å². The fraction of sp³-hybridized carbons (Fsp3) is 0.381. The minimum atomic E-state index is -3.80. The number of carbonyl (C=O) groups is 1. The lowest BCUT2D eigenvalue weighted by atomic mass is 10.1. The molecule has 0 bridgehead atoms. The first-order chi connectivity index (χ1) is 13.8. The number of nitrogens with one attached hydrogen (secondary N) is 1. The highest BCUT2D eigenvalue weighted by Gasteiger charge is 2.21. The zero-order valence-electron chi connectivity index (χ0n) is 17.4. The third-order valence-electron chi connectivity index (χ3n) is 4.77. The van der Waals surface area contributed by atoms with Gasteiger partial charge in [-0.05, 0) is 42.4 Å². The van der Waals surface area contributed by atoms with Crippen LogP contribution in [0.15, 0.2) is 53.4 Å². The van der Waals surface area contributed by atoms with Crippen LogP contribution in [0.5, 0.6) is 0 Å². The molecule has 8 heteroatoms. The Kier molecular flexibility index (Phi) is 8.33. The third-order valence-corrected chi connectivity index (χ3v) is 6.44. The number of carbonyl (C=O) groups excluding carboxylic acids is 1. The van der Waals surface area contributed by atoms with E-state index in [0.717, 1.165) is 29.7 Å². The van der Waals surface area contributed by atoms with E-state index in [1.807, 2.05) is 12.1 Å². The quantitative estimate of drug-likeness (QED) is 0.599. The predicted octanol–water partition coefficient (Wildman–Crippen LogP) is 2.64. The van der Waals surface area contributed by atoms with Crippen molar-refractivity contribution in [1.29, 1.82) is 0 Å². The highest BCUT2D eigenvalue weighted by atomic mass is 32.2. The van der Waals surface area contributed by atoms with Crippen LogP contribution in [0.4, 0.5) is 0 Å². The van der Waals surface area contributed by atoms with Gasteiger partial charge in [0, 0.05) is 25.7 Å². The van der Waals surface area contributed by atoms with Gasteiger partial charge < -0.3 is 5.32 Å². The molecule has 29 heavy (non-hydrogen) atoms. The summed E-state index contributed by atoms with van der Waals surface area (Å²) in [5.74, 6) is -0.339. The van der Waals surface area contributed by atoms with E-state index in [9.17, 15) is 13.2 Å². The van der Waals surface area contributed by atoms with Crippen LogP contribution >= 0.6 is 0 Å². The van der Waals surface area contributed by atoms with Gasteiger partial charge in [0.05, 0.1) is 12.0 Å². The van der Waals surface area contributed by atoms with Gasteiger partial charge in [-0.25, -0.2) is 8.42 Å². The molecular weight excluding hydrogens is 390 g/mol. The molecule has 7 nitrogen and oxygen atoms in total. The predicted molar refractivity (Wildman–Crippen MR) is 113 cm³/mol. The summed E-state index contributed by atoms with van der Waals surface area (Å²) in [6.07, 6.45) is 0. The summed E-state index contributed by atoms with van der Waals surface area (Å²) in [7, 11) is -1.24. The fourth-order valence-corrected chi connectivity index (χ4v) is 3.82. The Morgan fingerprint density at radius 2 is 1.66 bits per heavy atom. The molecule has 2 rings (SSSR count). The van der Waals surface area contributed by atoms with Gasteiger partial charge >= 0.3 is 0 Å². The topological polar surface area (TPSA) is 79.0 Å². The van der Waals surface area contributed by atoms with Crippen LogP contribution < -0.4 is 5.32 Å². The van der Waals surface area contributed by atoms with Crippen LogP contribution in [0.25, 0.3) is 0 Å². The number of hydroxylamine groups is 1. The van der Waals surface area contributed by atoms with Crippen molar-refractivity contribution >= 4 is 15.9 Å². The Morgan fingerprint density at radius 1 is 1.03 bits per heavy atom. The van der Waals surface area contributed by atoms with Crippen molar-refractivity contribution in [2.45, 2.75) is 31.8 Å². The summed E-state index contributed by atoms with van der Waals surface area (Å²) in [4.78, 5) is 19.6. The Labute approximate surface area is 173 Å². The summed E-state index contributed by atoms with van der Waals surface area (Å²) in [6.45, 7) is 7.55. The van der Waals surface area contributed by atoms with E-state index in [1.165, 1.54) is 37.9 Å². The lowest BCUT2D eigenvalue weighted by molar-refractivity contribution is -0.0258. The van der Waals surface area contributed by atoms with E-state index < -0.39 is 10.0 Å². The molecular formula is C21H29N3O4S. The normalized spacial score (nSPS) is 11.8. The second-order valence-corrected chi connectivity index (χ2v) is 8.52. The first-order valence-corrected chi connectivity index (χ1v) is 11.0. The number of hydrogen-bond donors (Lipinski definition) is 1. The minimum Gasteiger partial charge on any atom is -0.348 e. The first-order valence-electron chi connectivity index (χ1n) is 9.53. The van der Waals surface area contributed by atoms with Crippen molar-refractivity contribution in [1.82, 2.24) is 14.7 Å². The molecule has 0 heterocycles. The van der Waals surface area contributed by atoms with Gasteiger partial charge in [-0.1, -0.05) is 48.6 Å². The average molecular weight is 420 g/mol. The average Bonchev–Trinajstić information content (AvgIpc) is 2.75. The van der Waals surface area contributed by atoms with Gasteiger partial charge in [0.2, 0.25) is 0 Å². The summed E-state index contributed by atoms with van der Waals surface area (Å²) in [5, 5.41) is 2.83. The van der Waals surface area contributed by atoms with Gasteiger partial charge in [0.1, 0.15) is 0 Å². The molecule has 2 aromatic rings. The maximum atomic E-state index is 12.5. The lowest BCUT2D eigenvalue weighted by Gasteiger charge is -2.18. The van der Waals surface area contributed by atoms with Crippen molar-refractivity contribution in [3.63, 3.8) is 0 Å². The molecule has 0 aromatic heterocycles. The van der Waals surface area contributed by atoms with E-state index in [1.54, 1.807) is 6.07 Å².